The van der Waals surface area contributed by atoms with E-state index in [0.29, 0.717) is 11.5 Å². The summed E-state index contributed by atoms with van der Waals surface area (Å²) >= 11 is 5.14. The Labute approximate surface area is 151 Å². The zero-order valence-corrected chi connectivity index (χ0v) is 14.8. The van der Waals surface area contributed by atoms with E-state index in [4.69, 9.17) is 12.2 Å². The molecule has 1 amide bonds. The van der Waals surface area contributed by atoms with E-state index >= 15 is 0 Å². The van der Waals surface area contributed by atoms with Gasteiger partial charge in [-0.05, 0) is 54.4 Å². The maximum absolute atomic E-state index is 12.1. The SMILES string of the molecule is CC[C@H](C)c1ccc(NC(=S)NC(=O)c2ccc([N+](=O)[O-])cc2)cc1. The Kier molecular flexibility index (Phi) is 6.19. The lowest BCUT2D eigenvalue weighted by Crippen LogP contribution is -2.34. The Morgan fingerprint density at radius 1 is 1.16 bits per heavy atom. The van der Waals surface area contributed by atoms with Crippen molar-refractivity contribution in [2.45, 2.75) is 26.2 Å². The summed E-state index contributed by atoms with van der Waals surface area (Å²) in [4.78, 5) is 22.2. The average Bonchev–Trinajstić information content (AvgIpc) is 2.61. The first-order chi connectivity index (χ1) is 11.9. The minimum absolute atomic E-state index is 0.0707. The van der Waals surface area contributed by atoms with Crippen molar-refractivity contribution < 1.29 is 9.72 Å². The number of amides is 1. The molecule has 0 saturated carbocycles. The van der Waals surface area contributed by atoms with Crippen LogP contribution in [0.5, 0.6) is 0 Å². The van der Waals surface area contributed by atoms with Gasteiger partial charge < -0.3 is 5.32 Å². The monoisotopic (exact) mass is 357 g/mol. The van der Waals surface area contributed by atoms with Gasteiger partial charge in [0.05, 0.1) is 4.92 Å². The van der Waals surface area contributed by atoms with Gasteiger partial charge in [-0.15, -0.1) is 0 Å². The molecule has 0 saturated heterocycles. The van der Waals surface area contributed by atoms with Gasteiger partial charge in [-0.3, -0.25) is 20.2 Å². The molecule has 0 aliphatic rings. The van der Waals surface area contributed by atoms with Crippen LogP contribution in [0, 0.1) is 10.1 Å². The van der Waals surface area contributed by atoms with Gasteiger partial charge in [0.2, 0.25) is 0 Å². The summed E-state index contributed by atoms with van der Waals surface area (Å²) in [5.74, 6) is 0.0615. The van der Waals surface area contributed by atoms with Crippen LogP contribution in [0.2, 0.25) is 0 Å². The minimum atomic E-state index is -0.517. The lowest BCUT2D eigenvalue weighted by molar-refractivity contribution is -0.384. The van der Waals surface area contributed by atoms with Gasteiger partial charge >= 0.3 is 0 Å². The zero-order chi connectivity index (χ0) is 18.4. The average molecular weight is 357 g/mol. The van der Waals surface area contributed by atoms with Gasteiger partial charge in [-0.2, -0.15) is 0 Å². The lowest BCUT2D eigenvalue weighted by atomic mass is 9.99. The van der Waals surface area contributed by atoms with E-state index in [9.17, 15) is 14.9 Å². The van der Waals surface area contributed by atoms with Crippen molar-refractivity contribution in [2.24, 2.45) is 0 Å². The van der Waals surface area contributed by atoms with Crippen LogP contribution < -0.4 is 10.6 Å². The summed E-state index contributed by atoms with van der Waals surface area (Å²) in [6.45, 7) is 4.30. The first-order valence-electron chi connectivity index (χ1n) is 7.87. The molecule has 0 aliphatic carbocycles. The molecule has 2 aromatic rings. The quantitative estimate of drug-likeness (QED) is 0.475. The molecule has 0 unspecified atom stereocenters. The van der Waals surface area contributed by atoms with Crippen LogP contribution in [-0.2, 0) is 0 Å². The molecule has 0 fully saturated rings. The highest BCUT2D eigenvalue weighted by molar-refractivity contribution is 7.80. The number of hydrogen-bond donors (Lipinski definition) is 2. The molecule has 2 aromatic carbocycles. The molecule has 0 aliphatic heterocycles. The van der Waals surface area contributed by atoms with Crippen molar-refractivity contribution >= 4 is 34.6 Å². The predicted molar refractivity (Wildman–Crippen MR) is 102 cm³/mol. The molecule has 0 aromatic heterocycles. The van der Waals surface area contributed by atoms with Crippen molar-refractivity contribution in [3.05, 3.63) is 69.8 Å². The fraction of sp³-hybridized carbons (Fsp3) is 0.222. The second kappa shape index (κ2) is 8.34. The highest BCUT2D eigenvalue weighted by atomic mass is 32.1. The molecule has 130 valence electrons. The number of thiocarbonyl (C=S) groups is 1. The van der Waals surface area contributed by atoms with Gasteiger partial charge in [-0.1, -0.05) is 26.0 Å². The molecule has 1 atom stereocenters. The van der Waals surface area contributed by atoms with Gasteiger partial charge in [0, 0.05) is 23.4 Å². The van der Waals surface area contributed by atoms with Crippen molar-refractivity contribution in [1.82, 2.24) is 5.32 Å². The number of non-ortho nitro benzene ring substituents is 1. The Bertz CT molecular complexity index is 773. The van der Waals surface area contributed by atoms with Crippen molar-refractivity contribution in [2.75, 3.05) is 5.32 Å². The minimum Gasteiger partial charge on any atom is -0.332 e. The van der Waals surface area contributed by atoms with Crippen LogP contribution in [0.1, 0.15) is 42.1 Å². The molecule has 7 heteroatoms. The third kappa shape index (κ3) is 5.09. The van der Waals surface area contributed by atoms with Crippen molar-refractivity contribution in [1.29, 1.82) is 0 Å². The normalized spacial score (nSPS) is 11.4. The first kappa shape index (κ1) is 18.5. The van der Waals surface area contributed by atoms with Gasteiger partial charge in [0.15, 0.2) is 5.11 Å². The van der Waals surface area contributed by atoms with E-state index in [1.807, 2.05) is 24.3 Å². The summed E-state index contributed by atoms with van der Waals surface area (Å²) in [6, 6.07) is 13.2. The maximum Gasteiger partial charge on any atom is 0.269 e. The second-order valence-electron chi connectivity index (χ2n) is 5.64. The summed E-state index contributed by atoms with van der Waals surface area (Å²) in [6.07, 6.45) is 1.07. The predicted octanol–water partition coefficient (Wildman–Crippen LogP) is 4.24. The Balaban J connectivity index is 1.95. The van der Waals surface area contributed by atoms with E-state index in [0.717, 1.165) is 12.1 Å². The number of hydrogen-bond acceptors (Lipinski definition) is 4. The van der Waals surface area contributed by atoms with E-state index in [-0.39, 0.29) is 10.8 Å². The number of carbonyl (C=O) groups is 1. The van der Waals surface area contributed by atoms with Crippen LogP contribution in [0.3, 0.4) is 0 Å². The van der Waals surface area contributed by atoms with Gasteiger partial charge in [-0.25, -0.2) is 0 Å². The first-order valence-corrected chi connectivity index (χ1v) is 8.28. The van der Waals surface area contributed by atoms with E-state index in [2.05, 4.69) is 24.5 Å². The number of nitrogens with zero attached hydrogens (tertiary/aromatic N) is 1. The summed E-state index contributed by atoms with van der Waals surface area (Å²) in [5, 5.41) is 16.3. The largest absolute Gasteiger partial charge is 0.332 e. The number of nitrogens with one attached hydrogen (secondary N) is 2. The molecule has 0 radical (unpaired) electrons. The topological polar surface area (TPSA) is 84.3 Å². The van der Waals surface area contributed by atoms with Gasteiger partial charge in [0.1, 0.15) is 0 Å². The van der Waals surface area contributed by atoms with E-state index in [1.54, 1.807) is 0 Å². The summed E-state index contributed by atoms with van der Waals surface area (Å²) in [7, 11) is 0. The van der Waals surface area contributed by atoms with E-state index < -0.39 is 10.8 Å². The summed E-state index contributed by atoms with van der Waals surface area (Å²) in [5.41, 5.74) is 2.25. The highest BCUT2D eigenvalue weighted by Crippen LogP contribution is 2.20. The molecule has 0 bridgehead atoms. The third-order valence-corrected chi connectivity index (χ3v) is 4.12. The van der Waals surface area contributed by atoms with Crippen molar-refractivity contribution in [3.63, 3.8) is 0 Å². The highest BCUT2D eigenvalue weighted by Gasteiger charge is 2.11. The van der Waals surface area contributed by atoms with Crippen LogP contribution in [-0.4, -0.2) is 15.9 Å². The molecular formula is C18H19N3O3S. The van der Waals surface area contributed by atoms with Crippen LogP contribution >= 0.6 is 12.2 Å². The number of carbonyl (C=O) groups excluding carboxylic acids is 1. The maximum atomic E-state index is 12.1. The van der Waals surface area contributed by atoms with E-state index in [1.165, 1.54) is 29.8 Å². The number of rotatable bonds is 5. The molecular weight excluding hydrogens is 338 g/mol. The standard InChI is InChI=1S/C18H19N3O3S/c1-3-12(2)13-4-8-15(9-5-13)19-18(25)20-17(22)14-6-10-16(11-7-14)21(23)24/h4-12H,3H2,1-2H3,(H2,19,20,22,25)/t12-/m0/s1. The lowest BCUT2D eigenvalue weighted by Gasteiger charge is -2.12. The van der Waals surface area contributed by atoms with Crippen LogP contribution in [0.15, 0.2) is 48.5 Å². The molecule has 0 spiro atoms. The third-order valence-electron chi connectivity index (χ3n) is 3.92. The second-order valence-corrected chi connectivity index (χ2v) is 6.05. The Morgan fingerprint density at radius 3 is 2.28 bits per heavy atom. The molecule has 2 rings (SSSR count). The van der Waals surface area contributed by atoms with Crippen LogP contribution in [0.25, 0.3) is 0 Å². The van der Waals surface area contributed by atoms with Crippen molar-refractivity contribution in [3.8, 4) is 0 Å². The zero-order valence-electron chi connectivity index (χ0n) is 14.0. The number of nitro groups is 1. The molecule has 25 heavy (non-hydrogen) atoms. The smallest absolute Gasteiger partial charge is 0.269 e. The van der Waals surface area contributed by atoms with Crippen LogP contribution in [0.4, 0.5) is 11.4 Å². The summed E-state index contributed by atoms with van der Waals surface area (Å²) < 4.78 is 0. The molecule has 0 heterocycles. The number of nitro benzene ring substituents is 1. The van der Waals surface area contributed by atoms with Gasteiger partial charge in [0.25, 0.3) is 11.6 Å². The Hall–Kier alpha value is -2.80. The fourth-order valence-electron chi connectivity index (χ4n) is 2.20. The number of benzene rings is 2. The molecule has 6 nitrogen and oxygen atoms in total. The molecule has 2 N–H and O–H groups in total. The number of anilines is 1. The Morgan fingerprint density at radius 2 is 1.76 bits per heavy atom. The fourth-order valence-corrected chi connectivity index (χ4v) is 2.41.